The third-order valence-corrected chi connectivity index (χ3v) is 5.10. The van der Waals surface area contributed by atoms with Crippen LogP contribution in [-0.2, 0) is 19.5 Å². The van der Waals surface area contributed by atoms with Gasteiger partial charge in [-0.2, -0.15) is 0 Å². The summed E-state index contributed by atoms with van der Waals surface area (Å²) in [4.78, 5) is 2.55. The molecule has 0 saturated carbocycles. The summed E-state index contributed by atoms with van der Waals surface area (Å²) in [7, 11) is 2.07. The van der Waals surface area contributed by atoms with E-state index in [2.05, 4.69) is 39.0 Å². The predicted octanol–water partition coefficient (Wildman–Crippen LogP) is 1.43. The summed E-state index contributed by atoms with van der Waals surface area (Å²) >= 11 is 0. The highest BCUT2D eigenvalue weighted by Crippen LogP contribution is 2.22. The molecule has 1 atom stereocenters. The minimum absolute atomic E-state index is 0.637. The monoisotopic (exact) mass is 277 g/mol. The van der Waals surface area contributed by atoms with Crippen LogP contribution < -0.4 is 5.32 Å². The Kier molecular flexibility index (Phi) is 4.36. The van der Waals surface area contributed by atoms with Crippen LogP contribution >= 0.6 is 0 Å². The first-order chi connectivity index (χ1) is 9.78. The highest BCUT2D eigenvalue weighted by Gasteiger charge is 2.24. The molecule has 1 unspecified atom stereocenters. The summed E-state index contributed by atoms with van der Waals surface area (Å²) in [6.45, 7) is 6.78. The largest absolute Gasteiger partial charge is 0.317 e. The van der Waals surface area contributed by atoms with E-state index in [9.17, 15) is 0 Å². The molecule has 0 radical (unpaired) electrons. The second-order valence-electron chi connectivity index (χ2n) is 6.33. The van der Waals surface area contributed by atoms with Crippen LogP contribution in [0.5, 0.6) is 0 Å². The summed E-state index contributed by atoms with van der Waals surface area (Å²) < 4.78 is 2.35. The first kappa shape index (κ1) is 14.0. The molecule has 1 aromatic heterocycles. The van der Waals surface area contributed by atoms with Gasteiger partial charge in [0.05, 0.1) is 6.54 Å². The summed E-state index contributed by atoms with van der Waals surface area (Å²) in [6, 6.07) is 0.637. The van der Waals surface area contributed by atoms with Crippen molar-refractivity contribution >= 4 is 0 Å². The Morgan fingerprint density at radius 1 is 1.20 bits per heavy atom. The molecule has 1 N–H and O–H groups in total. The minimum Gasteiger partial charge on any atom is -0.317 e. The number of nitrogens with one attached hydrogen (secondary N) is 1. The van der Waals surface area contributed by atoms with Crippen molar-refractivity contribution in [2.75, 3.05) is 20.1 Å². The van der Waals surface area contributed by atoms with E-state index in [0.717, 1.165) is 25.4 Å². The van der Waals surface area contributed by atoms with Crippen molar-refractivity contribution in [1.29, 1.82) is 0 Å². The van der Waals surface area contributed by atoms with Gasteiger partial charge in [-0.3, -0.25) is 4.90 Å². The first-order valence-electron chi connectivity index (χ1n) is 8.08. The molecule has 1 fully saturated rings. The van der Waals surface area contributed by atoms with Crippen molar-refractivity contribution in [3.05, 3.63) is 11.6 Å². The Morgan fingerprint density at radius 2 is 2.00 bits per heavy atom. The molecule has 5 nitrogen and oxygen atoms in total. The molecule has 0 aliphatic carbocycles. The van der Waals surface area contributed by atoms with Gasteiger partial charge in [-0.1, -0.05) is 0 Å². The number of hydrogen-bond acceptors (Lipinski definition) is 4. The maximum Gasteiger partial charge on any atom is 0.147 e. The quantitative estimate of drug-likeness (QED) is 0.904. The lowest BCUT2D eigenvalue weighted by Crippen LogP contribution is -2.40. The fraction of sp³-hybridized carbons (Fsp3) is 0.867. The summed E-state index contributed by atoms with van der Waals surface area (Å²) in [5.41, 5.74) is 0. The van der Waals surface area contributed by atoms with E-state index in [-0.39, 0.29) is 0 Å². The second kappa shape index (κ2) is 6.22. The van der Waals surface area contributed by atoms with Gasteiger partial charge in [0, 0.05) is 19.0 Å². The van der Waals surface area contributed by atoms with Gasteiger partial charge in [-0.05, 0) is 58.7 Å². The third-order valence-electron chi connectivity index (χ3n) is 5.10. The molecule has 0 spiro atoms. The van der Waals surface area contributed by atoms with E-state index >= 15 is 0 Å². The van der Waals surface area contributed by atoms with Gasteiger partial charge < -0.3 is 9.88 Å². The average molecular weight is 277 g/mol. The van der Waals surface area contributed by atoms with E-state index in [1.807, 2.05) is 0 Å². The van der Waals surface area contributed by atoms with Crippen molar-refractivity contribution in [3.8, 4) is 0 Å². The maximum atomic E-state index is 4.42. The lowest BCUT2D eigenvalue weighted by Gasteiger charge is -2.34. The highest BCUT2D eigenvalue weighted by atomic mass is 15.3. The molecule has 3 rings (SSSR count). The Labute approximate surface area is 121 Å². The van der Waals surface area contributed by atoms with Crippen LogP contribution in [0.1, 0.15) is 44.3 Å². The van der Waals surface area contributed by atoms with Crippen molar-refractivity contribution < 1.29 is 0 Å². The molecule has 112 valence electrons. The van der Waals surface area contributed by atoms with Crippen LogP contribution in [0.4, 0.5) is 0 Å². The number of piperidine rings is 1. The van der Waals surface area contributed by atoms with Crippen molar-refractivity contribution in [2.45, 2.75) is 58.2 Å². The molecule has 3 heterocycles. The molecule has 0 aromatic carbocycles. The molecule has 1 saturated heterocycles. The topological polar surface area (TPSA) is 46.0 Å². The molecule has 0 bridgehead atoms. The van der Waals surface area contributed by atoms with Gasteiger partial charge in [-0.15, -0.1) is 10.2 Å². The molecule has 2 aliphatic rings. The number of fused-ring (bicyclic) bond motifs is 1. The van der Waals surface area contributed by atoms with Crippen LogP contribution in [-0.4, -0.2) is 45.8 Å². The average Bonchev–Trinajstić information content (AvgIpc) is 2.91. The zero-order valence-electron chi connectivity index (χ0n) is 12.8. The van der Waals surface area contributed by atoms with E-state index in [4.69, 9.17) is 0 Å². The van der Waals surface area contributed by atoms with Crippen LogP contribution in [0, 0.1) is 5.92 Å². The smallest absolute Gasteiger partial charge is 0.147 e. The van der Waals surface area contributed by atoms with Crippen LogP contribution in [0.15, 0.2) is 0 Å². The number of likely N-dealkylation sites (tertiary alicyclic amines) is 1. The number of nitrogens with zero attached hydrogens (tertiary/aromatic N) is 4. The van der Waals surface area contributed by atoms with Gasteiger partial charge in [0.25, 0.3) is 0 Å². The van der Waals surface area contributed by atoms with E-state index in [1.165, 1.54) is 50.4 Å². The molecular formula is C15H27N5. The standard InChI is InChI=1S/C15H27N5/c1-12(16-2)13-6-9-19(10-7-13)11-15-18-17-14-5-3-4-8-20(14)15/h12-13,16H,3-11H2,1-2H3. The van der Waals surface area contributed by atoms with Gasteiger partial charge in [0.2, 0.25) is 0 Å². The normalized spacial score (nSPS) is 22.7. The van der Waals surface area contributed by atoms with Gasteiger partial charge >= 0.3 is 0 Å². The third kappa shape index (κ3) is 2.88. The molecular weight excluding hydrogens is 250 g/mol. The Hall–Kier alpha value is -0.940. The second-order valence-corrected chi connectivity index (χ2v) is 6.33. The van der Waals surface area contributed by atoms with Gasteiger partial charge in [-0.25, -0.2) is 0 Å². The highest BCUT2D eigenvalue weighted by molar-refractivity contribution is 4.99. The number of aromatic nitrogens is 3. The fourth-order valence-corrected chi connectivity index (χ4v) is 3.53. The van der Waals surface area contributed by atoms with E-state index < -0.39 is 0 Å². The van der Waals surface area contributed by atoms with Crippen LogP contribution in [0.3, 0.4) is 0 Å². The predicted molar refractivity (Wildman–Crippen MR) is 79.5 cm³/mol. The minimum atomic E-state index is 0.637. The fourth-order valence-electron chi connectivity index (χ4n) is 3.53. The molecule has 1 aromatic rings. The molecule has 20 heavy (non-hydrogen) atoms. The van der Waals surface area contributed by atoms with Crippen molar-refractivity contribution in [1.82, 2.24) is 25.0 Å². The summed E-state index contributed by atoms with van der Waals surface area (Å²) in [5, 5.41) is 12.2. The number of aryl methyl sites for hydroxylation is 1. The Bertz CT molecular complexity index is 433. The van der Waals surface area contributed by atoms with E-state index in [0.29, 0.717) is 6.04 Å². The van der Waals surface area contributed by atoms with Gasteiger partial charge in [0.1, 0.15) is 11.6 Å². The van der Waals surface area contributed by atoms with Crippen molar-refractivity contribution in [2.24, 2.45) is 5.92 Å². The Morgan fingerprint density at radius 3 is 2.75 bits per heavy atom. The lowest BCUT2D eigenvalue weighted by atomic mass is 9.90. The summed E-state index contributed by atoms with van der Waals surface area (Å²) in [5.74, 6) is 3.20. The van der Waals surface area contributed by atoms with Gasteiger partial charge in [0.15, 0.2) is 0 Å². The number of rotatable bonds is 4. The first-order valence-corrected chi connectivity index (χ1v) is 8.08. The summed E-state index contributed by atoms with van der Waals surface area (Å²) in [6.07, 6.45) is 6.24. The zero-order valence-corrected chi connectivity index (χ0v) is 12.8. The lowest BCUT2D eigenvalue weighted by molar-refractivity contribution is 0.154. The maximum absolute atomic E-state index is 4.42. The van der Waals surface area contributed by atoms with E-state index in [1.54, 1.807) is 0 Å². The van der Waals surface area contributed by atoms with Crippen LogP contribution in [0.25, 0.3) is 0 Å². The molecule has 5 heteroatoms. The molecule has 2 aliphatic heterocycles. The zero-order chi connectivity index (χ0) is 13.9. The van der Waals surface area contributed by atoms with Crippen LogP contribution in [0.2, 0.25) is 0 Å². The Balaban J connectivity index is 1.56. The molecule has 0 amide bonds. The number of hydrogen-bond donors (Lipinski definition) is 1. The SMILES string of the molecule is CNC(C)C1CCN(Cc2nnc3n2CCCC3)CC1. The van der Waals surface area contributed by atoms with Crippen molar-refractivity contribution in [3.63, 3.8) is 0 Å².